The van der Waals surface area contributed by atoms with Gasteiger partial charge in [-0.25, -0.2) is 0 Å². The molecule has 0 fully saturated rings. The molecule has 1 aromatic heterocycles. The molecule has 0 unspecified atom stereocenters. The zero-order valence-electron chi connectivity index (χ0n) is 9.82. The standard InChI is InChI=1S/C13H11Br2NO3/c14-9-7-8(1-2-10(9)17)5-6-16-13(18)11-3-4-12(15)19-11/h1-4,7,17H,5-6H2,(H,16,18). The average Bonchev–Trinajstić information content (AvgIpc) is 2.80. The van der Waals surface area contributed by atoms with E-state index in [9.17, 15) is 9.90 Å². The smallest absolute Gasteiger partial charge is 0.287 e. The van der Waals surface area contributed by atoms with Crippen molar-refractivity contribution in [2.45, 2.75) is 6.42 Å². The van der Waals surface area contributed by atoms with Gasteiger partial charge >= 0.3 is 0 Å². The zero-order valence-corrected chi connectivity index (χ0v) is 13.0. The Morgan fingerprint density at radius 2 is 2.05 bits per heavy atom. The van der Waals surface area contributed by atoms with Crippen molar-refractivity contribution < 1.29 is 14.3 Å². The number of furan rings is 1. The fourth-order valence-electron chi connectivity index (χ4n) is 1.55. The third kappa shape index (κ3) is 3.84. The number of carbonyl (C=O) groups is 1. The van der Waals surface area contributed by atoms with E-state index in [0.29, 0.717) is 22.1 Å². The van der Waals surface area contributed by atoms with Gasteiger partial charge < -0.3 is 14.8 Å². The van der Waals surface area contributed by atoms with Crippen LogP contribution in [0.3, 0.4) is 0 Å². The third-order valence-corrected chi connectivity index (χ3v) is 3.57. The second kappa shape index (κ2) is 6.25. The van der Waals surface area contributed by atoms with Crippen molar-refractivity contribution in [1.29, 1.82) is 0 Å². The van der Waals surface area contributed by atoms with E-state index >= 15 is 0 Å². The molecule has 0 aliphatic carbocycles. The van der Waals surface area contributed by atoms with E-state index in [1.807, 2.05) is 12.1 Å². The minimum Gasteiger partial charge on any atom is -0.507 e. The van der Waals surface area contributed by atoms with Crippen LogP contribution in [0.15, 0.2) is 43.9 Å². The molecule has 0 aliphatic heterocycles. The molecule has 1 aromatic carbocycles. The molecule has 6 heteroatoms. The van der Waals surface area contributed by atoms with Gasteiger partial charge in [0.2, 0.25) is 0 Å². The second-order valence-corrected chi connectivity index (χ2v) is 5.53. The summed E-state index contributed by atoms with van der Waals surface area (Å²) in [4.78, 5) is 11.7. The minimum absolute atomic E-state index is 0.202. The van der Waals surface area contributed by atoms with E-state index in [-0.39, 0.29) is 17.4 Å². The number of rotatable bonds is 4. The third-order valence-electron chi connectivity index (χ3n) is 2.51. The lowest BCUT2D eigenvalue weighted by Crippen LogP contribution is -2.25. The fraction of sp³-hybridized carbons (Fsp3) is 0.154. The quantitative estimate of drug-likeness (QED) is 0.842. The first kappa shape index (κ1) is 14.1. The van der Waals surface area contributed by atoms with Crippen LogP contribution in [-0.4, -0.2) is 17.6 Å². The van der Waals surface area contributed by atoms with E-state index < -0.39 is 0 Å². The van der Waals surface area contributed by atoms with Crippen molar-refractivity contribution in [2.75, 3.05) is 6.54 Å². The van der Waals surface area contributed by atoms with Crippen LogP contribution >= 0.6 is 31.9 Å². The molecule has 1 heterocycles. The van der Waals surface area contributed by atoms with Crippen LogP contribution < -0.4 is 5.32 Å². The molecule has 2 N–H and O–H groups in total. The van der Waals surface area contributed by atoms with E-state index in [2.05, 4.69) is 37.2 Å². The Hall–Kier alpha value is -1.27. The number of phenolic OH excluding ortho intramolecular Hbond substituents is 1. The minimum atomic E-state index is -0.247. The number of hydrogen-bond acceptors (Lipinski definition) is 3. The van der Waals surface area contributed by atoms with Gasteiger partial charge in [0.25, 0.3) is 5.91 Å². The summed E-state index contributed by atoms with van der Waals surface area (Å²) in [5, 5.41) is 12.1. The van der Waals surface area contributed by atoms with E-state index in [1.54, 1.807) is 18.2 Å². The summed E-state index contributed by atoms with van der Waals surface area (Å²) in [6.07, 6.45) is 0.673. The number of benzene rings is 1. The average molecular weight is 389 g/mol. The summed E-state index contributed by atoms with van der Waals surface area (Å²) in [6.45, 7) is 0.494. The predicted molar refractivity (Wildman–Crippen MR) is 78.3 cm³/mol. The van der Waals surface area contributed by atoms with E-state index in [0.717, 1.165) is 5.56 Å². The Morgan fingerprint density at radius 3 is 2.68 bits per heavy atom. The molecule has 0 atom stereocenters. The summed E-state index contributed by atoms with van der Waals surface area (Å²) in [7, 11) is 0. The molecule has 0 radical (unpaired) electrons. The van der Waals surface area contributed by atoms with Crippen LogP contribution in [0.2, 0.25) is 0 Å². The summed E-state index contributed by atoms with van der Waals surface area (Å²) < 4.78 is 6.32. The van der Waals surface area contributed by atoms with Crippen LogP contribution in [0.1, 0.15) is 16.1 Å². The number of nitrogens with one attached hydrogen (secondary N) is 1. The van der Waals surface area contributed by atoms with Gasteiger partial charge in [-0.3, -0.25) is 4.79 Å². The molecule has 0 saturated heterocycles. The van der Waals surface area contributed by atoms with Gasteiger partial charge in [-0.05, 0) is 68.1 Å². The van der Waals surface area contributed by atoms with E-state index in [4.69, 9.17) is 4.42 Å². The Morgan fingerprint density at radius 1 is 1.26 bits per heavy atom. The fourth-order valence-corrected chi connectivity index (χ4v) is 2.28. The molecule has 100 valence electrons. The maximum Gasteiger partial charge on any atom is 0.287 e. The predicted octanol–water partition coefficient (Wildman–Crippen LogP) is 3.48. The monoisotopic (exact) mass is 387 g/mol. The first-order valence-electron chi connectivity index (χ1n) is 5.57. The highest BCUT2D eigenvalue weighted by Gasteiger charge is 2.09. The number of amides is 1. The highest BCUT2D eigenvalue weighted by Crippen LogP contribution is 2.24. The number of aromatic hydroxyl groups is 1. The van der Waals surface area contributed by atoms with Crippen molar-refractivity contribution in [1.82, 2.24) is 5.32 Å². The molecule has 2 rings (SSSR count). The zero-order chi connectivity index (χ0) is 13.8. The molecular weight excluding hydrogens is 378 g/mol. The van der Waals surface area contributed by atoms with Crippen LogP contribution in [-0.2, 0) is 6.42 Å². The second-order valence-electron chi connectivity index (χ2n) is 3.90. The Kier molecular flexibility index (Phi) is 4.66. The lowest BCUT2D eigenvalue weighted by Gasteiger charge is -2.05. The van der Waals surface area contributed by atoms with Crippen LogP contribution in [0.25, 0.3) is 0 Å². The summed E-state index contributed by atoms with van der Waals surface area (Å²) in [5.41, 5.74) is 1.02. The number of halogens is 2. The van der Waals surface area contributed by atoms with Gasteiger partial charge in [0.05, 0.1) is 4.47 Å². The van der Waals surface area contributed by atoms with Gasteiger partial charge in [-0.15, -0.1) is 0 Å². The van der Waals surface area contributed by atoms with E-state index in [1.165, 1.54) is 0 Å². The molecule has 0 saturated carbocycles. The first-order chi connectivity index (χ1) is 9.06. The van der Waals surface area contributed by atoms with Gasteiger partial charge in [0.15, 0.2) is 10.4 Å². The molecule has 1 amide bonds. The summed E-state index contributed by atoms with van der Waals surface area (Å²) in [5.74, 6) is 0.232. The Balaban J connectivity index is 1.86. The molecule has 19 heavy (non-hydrogen) atoms. The number of hydrogen-bond donors (Lipinski definition) is 2. The Labute approximate surface area is 127 Å². The highest BCUT2D eigenvalue weighted by molar-refractivity contribution is 9.10. The largest absolute Gasteiger partial charge is 0.507 e. The van der Waals surface area contributed by atoms with Crippen molar-refractivity contribution in [3.63, 3.8) is 0 Å². The maximum absolute atomic E-state index is 11.7. The van der Waals surface area contributed by atoms with Crippen LogP contribution in [0.4, 0.5) is 0 Å². The molecule has 2 aromatic rings. The van der Waals surface area contributed by atoms with Gasteiger partial charge in [0, 0.05) is 6.54 Å². The van der Waals surface area contributed by atoms with Gasteiger partial charge in [-0.2, -0.15) is 0 Å². The molecule has 4 nitrogen and oxygen atoms in total. The van der Waals surface area contributed by atoms with Crippen LogP contribution in [0.5, 0.6) is 5.75 Å². The summed E-state index contributed by atoms with van der Waals surface area (Å²) >= 11 is 6.39. The summed E-state index contributed by atoms with van der Waals surface area (Å²) in [6, 6.07) is 8.54. The number of phenols is 1. The molecule has 0 spiro atoms. The van der Waals surface area contributed by atoms with Gasteiger partial charge in [0.1, 0.15) is 5.75 Å². The first-order valence-corrected chi connectivity index (χ1v) is 7.16. The van der Waals surface area contributed by atoms with Crippen LogP contribution in [0, 0.1) is 0 Å². The maximum atomic E-state index is 11.7. The normalized spacial score (nSPS) is 10.4. The molecule has 0 aliphatic rings. The highest BCUT2D eigenvalue weighted by atomic mass is 79.9. The SMILES string of the molecule is O=C(NCCc1ccc(O)c(Br)c1)c1ccc(Br)o1. The molecule has 0 bridgehead atoms. The van der Waals surface area contributed by atoms with Crippen molar-refractivity contribution in [3.05, 3.63) is 50.8 Å². The number of carbonyl (C=O) groups excluding carboxylic acids is 1. The van der Waals surface area contributed by atoms with Crippen molar-refractivity contribution in [2.24, 2.45) is 0 Å². The van der Waals surface area contributed by atoms with Gasteiger partial charge in [-0.1, -0.05) is 6.07 Å². The Bertz CT molecular complexity index is 595. The van der Waals surface area contributed by atoms with Crippen molar-refractivity contribution in [3.8, 4) is 5.75 Å². The topological polar surface area (TPSA) is 62.5 Å². The van der Waals surface area contributed by atoms with Crippen molar-refractivity contribution >= 4 is 37.8 Å². The lowest BCUT2D eigenvalue weighted by atomic mass is 10.1. The lowest BCUT2D eigenvalue weighted by molar-refractivity contribution is 0.0925. The molecular formula is C13H11Br2NO3.